The summed E-state index contributed by atoms with van der Waals surface area (Å²) in [4.78, 5) is 35.6. The first-order valence-corrected chi connectivity index (χ1v) is 13.5. The van der Waals surface area contributed by atoms with Crippen molar-refractivity contribution in [2.45, 2.75) is 44.6 Å². The van der Waals surface area contributed by atoms with Crippen LogP contribution >= 0.6 is 22.9 Å². The lowest BCUT2D eigenvalue weighted by atomic mass is 10.1. The van der Waals surface area contributed by atoms with Crippen molar-refractivity contribution >= 4 is 45.8 Å². The van der Waals surface area contributed by atoms with Crippen molar-refractivity contribution in [3.8, 4) is 0 Å². The molecule has 1 amide bonds. The van der Waals surface area contributed by atoms with Gasteiger partial charge in [-0.1, -0.05) is 23.7 Å². The van der Waals surface area contributed by atoms with Gasteiger partial charge in [0.05, 0.1) is 10.6 Å². The fourth-order valence-electron chi connectivity index (χ4n) is 4.25. The van der Waals surface area contributed by atoms with Crippen LogP contribution in [0.2, 0.25) is 5.02 Å². The average molecular weight is 546 g/mol. The Hall–Kier alpha value is -3.24. The van der Waals surface area contributed by atoms with E-state index in [0.717, 1.165) is 61.4 Å². The summed E-state index contributed by atoms with van der Waals surface area (Å²) in [7, 11) is 0. The fourth-order valence-corrected chi connectivity index (χ4v) is 5.16. The van der Waals surface area contributed by atoms with Crippen LogP contribution in [0, 0.1) is 5.82 Å². The number of pyridine rings is 1. The van der Waals surface area contributed by atoms with E-state index in [9.17, 15) is 19.1 Å². The summed E-state index contributed by atoms with van der Waals surface area (Å²) in [6.07, 6.45) is 6.69. The molecular formula is C26H29ClFN5O3S. The molecule has 3 heterocycles. The molecule has 2 aromatic heterocycles. The number of aromatic nitrogens is 2. The van der Waals surface area contributed by atoms with E-state index in [4.69, 9.17) is 16.6 Å². The number of carboxylic acid groups (broad SMARTS) is 1. The minimum Gasteiger partial charge on any atom is -0.480 e. The van der Waals surface area contributed by atoms with Crippen molar-refractivity contribution in [2.75, 3.05) is 29.9 Å². The third-order valence-electron chi connectivity index (χ3n) is 6.24. The van der Waals surface area contributed by atoms with Gasteiger partial charge in [0.2, 0.25) is 0 Å². The lowest BCUT2D eigenvalue weighted by Gasteiger charge is -2.24. The summed E-state index contributed by atoms with van der Waals surface area (Å²) in [6, 6.07) is 6.93. The topological polar surface area (TPSA) is 107 Å². The number of aliphatic carboxylic acids is 1. The van der Waals surface area contributed by atoms with E-state index >= 15 is 0 Å². The molecule has 3 aromatic rings. The molecule has 0 saturated heterocycles. The number of nitrogens with zero attached hydrogens (tertiary/aromatic N) is 3. The maximum absolute atomic E-state index is 13.7. The number of thiazole rings is 1. The molecule has 0 spiro atoms. The maximum atomic E-state index is 13.7. The lowest BCUT2D eigenvalue weighted by molar-refractivity contribution is -0.139. The SMILES string of the molecule is O=C(NC(CCN(CCCCc1ccc2c(n1)NCCC2)c1nccs1)C(=O)O)c1cccc(F)c1Cl. The molecule has 0 aliphatic carbocycles. The molecule has 0 fully saturated rings. The van der Waals surface area contributed by atoms with Gasteiger partial charge in [0.15, 0.2) is 5.13 Å². The van der Waals surface area contributed by atoms with Crippen molar-refractivity contribution in [1.82, 2.24) is 15.3 Å². The summed E-state index contributed by atoms with van der Waals surface area (Å²) in [5.74, 6) is -1.65. The van der Waals surface area contributed by atoms with Crippen molar-refractivity contribution in [3.05, 3.63) is 69.6 Å². The first-order chi connectivity index (χ1) is 17.9. The number of hydrogen-bond acceptors (Lipinski definition) is 7. The number of unbranched alkanes of at least 4 members (excludes halogenated alkanes) is 1. The van der Waals surface area contributed by atoms with Crippen molar-refractivity contribution in [1.29, 1.82) is 0 Å². The van der Waals surface area contributed by atoms with Gasteiger partial charge in [-0.05, 0) is 62.3 Å². The predicted octanol–water partition coefficient (Wildman–Crippen LogP) is 4.79. The van der Waals surface area contributed by atoms with Gasteiger partial charge in [-0.2, -0.15) is 0 Å². The molecule has 3 N–H and O–H groups in total. The smallest absolute Gasteiger partial charge is 0.326 e. The van der Waals surface area contributed by atoms with Crippen molar-refractivity contribution < 1.29 is 19.1 Å². The number of amides is 1. The highest BCUT2D eigenvalue weighted by Crippen LogP contribution is 2.22. The van der Waals surface area contributed by atoms with E-state index in [1.165, 1.54) is 29.0 Å². The first-order valence-electron chi connectivity index (χ1n) is 12.3. The van der Waals surface area contributed by atoms with Gasteiger partial charge in [0, 0.05) is 36.9 Å². The summed E-state index contributed by atoms with van der Waals surface area (Å²) < 4.78 is 13.7. The quantitative estimate of drug-likeness (QED) is 0.281. The molecule has 1 aromatic carbocycles. The highest BCUT2D eigenvalue weighted by molar-refractivity contribution is 7.13. The summed E-state index contributed by atoms with van der Waals surface area (Å²) >= 11 is 7.37. The predicted molar refractivity (Wildman–Crippen MR) is 143 cm³/mol. The number of carbonyl (C=O) groups excluding carboxylic acids is 1. The molecule has 11 heteroatoms. The number of carbonyl (C=O) groups is 2. The van der Waals surface area contributed by atoms with Gasteiger partial charge < -0.3 is 20.6 Å². The van der Waals surface area contributed by atoms with Crippen LogP contribution in [0.1, 0.15) is 47.3 Å². The van der Waals surface area contributed by atoms with Gasteiger partial charge in [-0.3, -0.25) is 4.79 Å². The molecule has 1 unspecified atom stereocenters. The zero-order valence-electron chi connectivity index (χ0n) is 20.3. The van der Waals surface area contributed by atoms with Crippen LogP contribution in [0.15, 0.2) is 41.9 Å². The number of fused-ring (bicyclic) bond motifs is 1. The number of benzene rings is 1. The zero-order chi connectivity index (χ0) is 26.2. The highest BCUT2D eigenvalue weighted by atomic mass is 35.5. The maximum Gasteiger partial charge on any atom is 0.326 e. The molecule has 37 heavy (non-hydrogen) atoms. The molecule has 0 bridgehead atoms. The molecule has 0 radical (unpaired) electrons. The normalized spacial score (nSPS) is 13.4. The molecule has 8 nitrogen and oxygen atoms in total. The van der Waals surface area contributed by atoms with Crippen molar-refractivity contribution in [3.63, 3.8) is 0 Å². The standard InChI is InChI=1S/C26H29ClFN5O3S/c27-22-19(7-3-8-20(22)28)24(34)32-21(25(35)36)11-15-33(26-30-13-16-37-26)14-2-1-6-18-10-9-17-5-4-12-29-23(17)31-18/h3,7-10,13,16,21H,1-2,4-6,11-12,14-15H2,(H,29,31)(H,32,34)(H,35,36). The number of halogens is 2. The largest absolute Gasteiger partial charge is 0.480 e. The number of hydrogen-bond donors (Lipinski definition) is 3. The van der Waals surface area contributed by atoms with Crippen LogP contribution in [-0.4, -0.2) is 52.6 Å². The van der Waals surface area contributed by atoms with Gasteiger partial charge in [0.1, 0.15) is 17.7 Å². The second-order valence-corrected chi connectivity index (χ2v) is 10.1. The highest BCUT2D eigenvalue weighted by Gasteiger charge is 2.24. The van der Waals surface area contributed by atoms with Crippen LogP contribution in [0.25, 0.3) is 0 Å². The second kappa shape index (κ2) is 12.8. The van der Waals surface area contributed by atoms with Gasteiger partial charge in [0.25, 0.3) is 5.91 Å². The number of anilines is 2. The third kappa shape index (κ3) is 7.17. The average Bonchev–Trinajstić information content (AvgIpc) is 3.43. The fraction of sp³-hybridized carbons (Fsp3) is 0.385. The Balaban J connectivity index is 1.32. The van der Waals surface area contributed by atoms with E-state index in [-0.39, 0.29) is 17.0 Å². The Morgan fingerprint density at radius 2 is 2.11 bits per heavy atom. The van der Waals surface area contributed by atoms with Crippen LogP contribution < -0.4 is 15.5 Å². The Kier molecular flexibility index (Phi) is 9.29. The van der Waals surface area contributed by atoms with Crippen LogP contribution in [-0.2, 0) is 17.6 Å². The summed E-state index contributed by atoms with van der Waals surface area (Å²) in [6.45, 7) is 2.02. The van der Waals surface area contributed by atoms with Gasteiger partial charge in [-0.15, -0.1) is 11.3 Å². The van der Waals surface area contributed by atoms with E-state index in [1.807, 2.05) is 10.3 Å². The summed E-state index contributed by atoms with van der Waals surface area (Å²) in [5.41, 5.74) is 2.22. The minimum atomic E-state index is -1.17. The Bertz CT molecular complexity index is 1230. The molecule has 1 aliphatic rings. The van der Waals surface area contributed by atoms with Crippen molar-refractivity contribution in [2.24, 2.45) is 0 Å². The van der Waals surface area contributed by atoms with Crippen LogP contribution in [0.5, 0.6) is 0 Å². The minimum absolute atomic E-state index is 0.101. The Labute approximate surface area is 223 Å². The monoisotopic (exact) mass is 545 g/mol. The Morgan fingerprint density at radius 1 is 1.24 bits per heavy atom. The number of nitrogens with one attached hydrogen (secondary N) is 2. The molecule has 1 atom stereocenters. The Morgan fingerprint density at radius 3 is 2.89 bits per heavy atom. The van der Waals surface area contributed by atoms with E-state index in [2.05, 4.69) is 27.8 Å². The van der Waals surface area contributed by atoms with E-state index in [0.29, 0.717) is 13.1 Å². The number of carboxylic acids is 1. The zero-order valence-corrected chi connectivity index (χ0v) is 21.8. The number of aryl methyl sites for hydroxylation is 2. The summed E-state index contributed by atoms with van der Waals surface area (Å²) in [5, 5.41) is 17.9. The molecule has 0 saturated carbocycles. The van der Waals surface area contributed by atoms with Crippen LogP contribution in [0.3, 0.4) is 0 Å². The number of rotatable bonds is 12. The van der Waals surface area contributed by atoms with E-state index < -0.39 is 23.7 Å². The first kappa shape index (κ1) is 26.8. The second-order valence-electron chi connectivity index (χ2n) is 8.85. The molecule has 196 valence electrons. The van der Waals surface area contributed by atoms with Gasteiger partial charge >= 0.3 is 5.97 Å². The molecule has 1 aliphatic heterocycles. The third-order valence-corrected chi connectivity index (χ3v) is 7.46. The lowest BCUT2D eigenvalue weighted by Crippen LogP contribution is -2.43. The van der Waals surface area contributed by atoms with Gasteiger partial charge in [-0.25, -0.2) is 19.2 Å². The molecular weight excluding hydrogens is 517 g/mol. The van der Waals surface area contributed by atoms with E-state index in [1.54, 1.807) is 6.20 Å². The molecule has 4 rings (SSSR count). The van der Waals surface area contributed by atoms with Crippen LogP contribution in [0.4, 0.5) is 15.3 Å².